The lowest BCUT2D eigenvalue weighted by Gasteiger charge is -2.25. The molecule has 0 aliphatic carbocycles. The summed E-state index contributed by atoms with van der Waals surface area (Å²) in [5, 5.41) is 3.43. The maximum absolute atomic E-state index is 6.15. The molecule has 0 atom stereocenters. The SMILES string of the molecule is CC(C)NCCCN(CSc1cc2c(cc1Br)OCO2)c1ncnc(N)c1N. The van der Waals surface area contributed by atoms with Crippen LogP contribution in [0.15, 0.2) is 27.8 Å². The molecule has 0 spiro atoms. The molecule has 10 heteroatoms. The van der Waals surface area contributed by atoms with Crippen LogP contribution in [0.5, 0.6) is 11.5 Å². The molecule has 0 amide bonds. The van der Waals surface area contributed by atoms with Crippen molar-refractivity contribution in [1.82, 2.24) is 15.3 Å². The minimum Gasteiger partial charge on any atom is -0.454 e. The standard InChI is InChI=1S/C18H25BrN6O2S/c1-11(2)22-4-3-5-25(18-16(20)17(21)23-8-24-18)9-28-15-7-14-13(6-12(15)19)26-10-27-14/h6-8,11,22H,3-5,9-10,20H2,1-2H3,(H2,21,23,24). The number of nitrogens with zero attached hydrogens (tertiary/aromatic N) is 3. The van der Waals surface area contributed by atoms with Crippen molar-refractivity contribution in [3.63, 3.8) is 0 Å². The average molecular weight is 469 g/mol. The first-order chi connectivity index (χ1) is 13.5. The van der Waals surface area contributed by atoms with Gasteiger partial charge in [-0.25, -0.2) is 9.97 Å². The number of ether oxygens (including phenoxy) is 2. The van der Waals surface area contributed by atoms with Crippen molar-refractivity contribution in [3.8, 4) is 11.5 Å². The van der Waals surface area contributed by atoms with Crippen LogP contribution in [0.4, 0.5) is 17.3 Å². The van der Waals surface area contributed by atoms with E-state index in [-0.39, 0.29) is 6.79 Å². The molecule has 1 aliphatic rings. The molecule has 0 saturated carbocycles. The third kappa shape index (κ3) is 5.12. The molecule has 0 bridgehead atoms. The maximum Gasteiger partial charge on any atom is 0.231 e. The lowest BCUT2D eigenvalue weighted by atomic mass is 10.3. The van der Waals surface area contributed by atoms with E-state index >= 15 is 0 Å². The Labute approximate surface area is 177 Å². The first-order valence-corrected chi connectivity index (χ1v) is 10.8. The number of thioether (sulfide) groups is 1. The zero-order valence-electron chi connectivity index (χ0n) is 15.9. The van der Waals surface area contributed by atoms with Crippen molar-refractivity contribution >= 4 is 45.0 Å². The molecule has 28 heavy (non-hydrogen) atoms. The summed E-state index contributed by atoms with van der Waals surface area (Å²) >= 11 is 5.27. The molecule has 2 heterocycles. The Morgan fingerprint density at radius 1 is 1.25 bits per heavy atom. The highest BCUT2D eigenvalue weighted by Gasteiger charge is 2.19. The Balaban J connectivity index is 1.72. The normalized spacial score (nSPS) is 12.6. The van der Waals surface area contributed by atoms with Crippen LogP contribution in [0.3, 0.4) is 0 Å². The Kier molecular flexibility index (Phi) is 7.08. The van der Waals surface area contributed by atoms with Crippen molar-refractivity contribution in [2.75, 3.05) is 42.1 Å². The Hall–Kier alpha value is -1.91. The van der Waals surface area contributed by atoms with Gasteiger partial charge in [0.1, 0.15) is 12.0 Å². The lowest BCUT2D eigenvalue weighted by molar-refractivity contribution is 0.174. The quantitative estimate of drug-likeness (QED) is 0.290. The van der Waals surface area contributed by atoms with Crippen LogP contribution in [0, 0.1) is 0 Å². The number of nitrogens with one attached hydrogen (secondary N) is 1. The van der Waals surface area contributed by atoms with E-state index in [9.17, 15) is 0 Å². The van der Waals surface area contributed by atoms with Gasteiger partial charge in [0.05, 0.1) is 5.88 Å². The van der Waals surface area contributed by atoms with Crippen LogP contribution in [-0.4, -0.2) is 41.8 Å². The molecule has 1 aromatic heterocycles. The summed E-state index contributed by atoms with van der Waals surface area (Å²) < 4.78 is 11.9. The van der Waals surface area contributed by atoms with Crippen LogP contribution >= 0.6 is 27.7 Å². The average Bonchev–Trinajstić information content (AvgIpc) is 3.10. The molecule has 8 nitrogen and oxygen atoms in total. The second-order valence-electron chi connectivity index (χ2n) is 6.63. The van der Waals surface area contributed by atoms with Crippen LogP contribution in [0.2, 0.25) is 0 Å². The predicted molar refractivity (Wildman–Crippen MR) is 117 cm³/mol. The van der Waals surface area contributed by atoms with Gasteiger partial charge in [-0.3, -0.25) is 0 Å². The summed E-state index contributed by atoms with van der Waals surface area (Å²) in [6.45, 7) is 6.21. The summed E-state index contributed by atoms with van der Waals surface area (Å²) in [4.78, 5) is 11.5. The Bertz CT molecular complexity index is 823. The number of nitrogens with two attached hydrogens (primary N) is 2. The predicted octanol–water partition coefficient (Wildman–Crippen LogP) is 3.08. The van der Waals surface area contributed by atoms with Gasteiger partial charge in [-0.2, -0.15) is 0 Å². The van der Waals surface area contributed by atoms with Crippen LogP contribution in [0.1, 0.15) is 20.3 Å². The smallest absolute Gasteiger partial charge is 0.231 e. The lowest BCUT2D eigenvalue weighted by Crippen LogP contribution is -2.31. The van der Waals surface area contributed by atoms with Gasteiger partial charge in [-0.1, -0.05) is 13.8 Å². The summed E-state index contributed by atoms with van der Waals surface area (Å²) in [5.74, 6) is 3.11. The van der Waals surface area contributed by atoms with Crippen LogP contribution in [-0.2, 0) is 0 Å². The molecule has 152 valence electrons. The summed E-state index contributed by atoms with van der Waals surface area (Å²) in [6, 6.07) is 4.36. The third-order valence-electron chi connectivity index (χ3n) is 4.15. The Morgan fingerprint density at radius 2 is 2.00 bits per heavy atom. The first kappa shape index (κ1) is 20.8. The van der Waals surface area contributed by atoms with Crippen LogP contribution < -0.4 is 31.2 Å². The van der Waals surface area contributed by atoms with E-state index in [0.717, 1.165) is 40.4 Å². The highest BCUT2D eigenvalue weighted by Crippen LogP contribution is 2.41. The molecule has 1 aliphatic heterocycles. The van der Waals surface area contributed by atoms with E-state index < -0.39 is 0 Å². The van der Waals surface area contributed by atoms with E-state index in [4.69, 9.17) is 20.9 Å². The van der Waals surface area contributed by atoms with E-state index in [1.807, 2.05) is 12.1 Å². The molecular weight excluding hydrogens is 444 g/mol. The van der Waals surface area contributed by atoms with E-state index in [2.05, 4.69) is 50.0 Å². The van der Waals surface area contributed by atoms with Crippen molar-refractivity contribution in [1.29, 1.82) is 0 Å². The number of benzene rings is 1. The molecule has 0 radical (unpaired) electrons. The van der Waals surface area contributed by atoms with Crippen molar-refractivity contribution in [3.05, 3.63) is 22.9 Å². The number of fused-ring (bicyclic) bond motifs is 1. The van der Waals surface area contributed by atoms with Gasteiger partial charge in [-0.15, -0.1) is 11.8 Å². The number of anilines is 3. The number of aromatic nitrogens is 2. The number of nitrogen functional groups attached to an aromatic ring is 2. The second kappa shape index (κ2) is 9.53. The molecule has 2 aromatic rings. The highest BCUT2D eigenvalue weighted by molar-refractivity contribution is 9.10. The molecule has 3 rings (SSSR count). The summed E-state index contributed by atoms with van der Waals surface area (Å²) in [5.41, 5.74) is 12.4. The van der Waals surface area contributed by atoms with Crippen molar-refractivity contribution in [2.45, 2.75) is 31.2 Å². The molecule has 0 unspecified atom stereocenters. The zero-order valence-corrected chi connectivity index (χ0v) is 18.3. The van der Waals surface area contributed by atoms with Gasteiger partial charge in [-0.05, 0) is 41.0 Å². The number of hydrogen-bond acceptors (Lipinski definition) is 9. The van der Waals surface area contributed by atoms with Gasteiger partial charge in [0.25, 0.3) is 0 Å². The number of halogens is 1. The third-order valence-corrected chi connectivity index (χ3v) is 6.16. The second-order valence-corrected chi connectivity index (χ2v) is 8.47. The van der Waals surface area contributed by atoms with Crippen molar-refractivity contribution < 1.29 is 9.47 Å². The van der Waals surface area contributed by atoms with E-state index in [0.29, 0.717) is 29.2 Å². The van der Waals surface area contributed by atoms with Gasteiger partial charge in [0.2, 0.25) is 6.79 Å². The van der Waals surface area contributed by atoms with Gasteiger partial charge >= 0.3 is 0 Å². The molecule has 0 saturated heterocycles. The van der Waals surface area contributed by atoms with E-state index in [1.54, 1.807) is 11.8 Å². The topological polar surface area (TPSA) is 112 Å². The highest BCUT2D eigenvalue weighted by atomic mass is 79.9. The van der Waals surface area contributed by atoms with Crippen molar-refractivity contribution in [2.24, 2.45) is 0 Å². The van der Waals surface area contributed by atoms with Gasteiger partial charge < -0.3 is 31.2 Å². The summed E-state index contributed by atoms with van der Waals surface area (Å²) in [7, 11) is 0. The van der Waals surface area contributed by atoms with E-state index in [1.165, 1.54) is 6.33 Å². The number of hydrogen-bond donors (Lipinski definition) is 3. The van der Waals surface area contributed by atoms with Gasteiger partial charge in [0, 0.05) is 22.0 Å². The molecule has 0 fully saturated rings. The number of rotatable bonds is 9. The summed E-state index contributed by atoms with van der Waals surface area (Å²) in [6.07, 6.45) is 2.39. The monoisotopic (exact) mass is 468 g/mol. The largest absolute Gasteiger partial charge is 0.454 e. The fourth-order valence-corrected chi connectivity index (χ4v) is 4.30. The minimum absolute atomic E-state index is 0.252. The fraction of sp³-hybridized carbons (Fsp3) is 0.444. The molecular formula is C18H25BrN6O2S. The first-order valence-electron chi connectivity index (χ1n) is 9.02. The van der Waals surface area contributed by atoms with Gasteiger partial charge in [0.15, 0.2) is 23.1 Å². The fourth-order valence-electron chi connectivity index (χ4n) is 2.70. The molecule has 5 N–H and O–H groups in total. The maximum atomic E-state index is 6.15. The minimum atomic E-state index is 0.252. The Morgan fingerprint density at radius 3 is 2.75 bits per heavy atom. The molecule has 1 aromatic carbocycles. The zero-order chi connectivity index (χ0) is 20.1. The van der Waals surface area contributed by atoms with Crippen LogP contribution in [0.25, 0.3) is 0 Å².